The van der Waals surface area contributed by atoms with E-state index in [0.29, 0.717) is 28.6 Å². The van der Waals surface area contributed by atoms with E-state index in [1.54, 1.807) is 35.2 Å². The second kappa shape index (κ2) is 9.82. The monoisotopic (exact) mass is 506 g/mol. The Hall–Kier alpha value is -3.58. The minimum Gasteiger partial charge on any atom is -0.487 e. The molecule has 0 aliphatic rings. The Kier molecular flexibility index (Phi) is 6.96. The Morgan fingerprint density at radius 1 is 1.00 bits per heavy atom. The molecule has 0 aliphatic carbocycles. The Morgan fingerprint density at radius 3 is 2.33 bits per heavy atom. The van der Waals surface area contributed by atoms with Crippen molar-refractivity contribution >= 4 is 11.6 Å². The third kappa shape index (κ3) is 5.16. The highest BCUT2D eigenvalue weighted by molar-refractivity contribution is 6.31. The molecule has 36 heavy (non-hydrogen) atoms. The van der Waals surface area contributed by atoms with Gasteiger partial charge in [0.15, 0.2) is 0 Å². The van der Waals surface area contributed by atoms with Crippen LogP contribution in [0.25, 0.3) is 17.1 Å². The van der Waals surface area contributed by atoms with E-state index in [4.69, 9.17) is 21.3 Å². The smallest absolute Gasteiger partial charge is 0.277 e. The summed E-state index contributed by atoms with van der Waals surface area (Å²) in [6.07, 6.45) is 3.52. The summed E-state index contributed by atoms with van der Waals surface area (Å²) in [4.78, 5) is 27.2. The number of halogens is 2. The minimum atomic E-state index is -0.402. The van der Waals surface area contributed by atoms with Crippen LogP contribution in [0.4, 0.5) is 4.39 Å². The van der Waals surface area contributed by atoms with Crippen molar-refractivity contribution in [3.05, 3.63) is 98.2 Å². The second-order valence-electron chi connectivity index (χ2n) is 9.85. The number of hydrogen-bond donors (Lipinski definition) is 0. The van der Waals surface area contributed by atoms with E-state index in [0.717, 1.165) is 16.7 Å². The predicted octanol–water partition coefficient (Wildman–Crippen LogP) is 6.28. The van der Waals surface area contributed by atoms with Crippen LogP contribution in [0, 0.1) is 26.6 Å². The molecule has 0 unspecified atom stereocenters. The molecular formula is C28H28ClFN4O2. The van der Waals surface area contributed by atoms with E-state index in [1.807, 2.05) is 26.8 Å². The van der Waals surface area contributed by atoms with Gasteiger partial charge in [0.25, 0.3) is 5.56 Å². The summed E-state index contributed by atoms with van der Waals surface area (Å²) in [5, 5.41) is -0.0336. The maximum absolute atomic E-state index is 13.4. The van der Waals surface area contributed by atoms with Gasteiger partial charge < -0.3 is 4.74 Å². The Balaban J connectivity index is 1.75. The Bertz CT molecular complexity index is 1490. The molecular weight excluding hydrogens is 479 g/mol. The fraction of sp³-hybridized carbons (Fsp3) is 0.286. The van der Waals surface area contributed by atoms with Crippen LogP contribution in [0.3, 0.4) is 0 Å². The molecule has 6 nitrogen and oxygen atoms in total. The molecule has 4 aromatic rings. The Morgan fingerprint density at radius 2 is 1.67 bits per heavy atom. The molecule has 0 atom stereocenters. The van der Waals surface area contributed by atoms with E-state index < -0.39 is 5.56 Å². The van der Waals surface area contributed by atoms with E-state index in [-0.39, 0.29) is 28.6 Å². The average Bonchev–Trinajstić information content (AvgIpc) is 2.82. The van der Waals surface area contributed by atoms with Crippen molar-refractivity contribution in [3.8, 4) is 22.8 Å². The highest BCUT2D eigenvalue weighted by Gasteiger charge is 2.21. The molecule has 3 heterocycles. The van der Waals surface area contributed by atoms with Crippen LogP contribution >= 0.6 is 11.6 Å². The first-order valence-corrected chi connectivity index (χ1v) is 11.9. The molecule has 4 rings (SSSR count). The Labute approximate surface area is 214 Å². The van der Waals surface area contributed by atoms with Gasteiger partial charge in [-0.2, -0.15) is 0 Å². The molecule has 3 aromatic heterocycles. The molecule has 0 spiro atoms. The fourth-order valence-electron chi connectivity index (χ4n) is 3.77. The standard InChI is InChI=1S/C28H28ClFN4O2/c1-16-13-31-21(25-17(2)14-32-27(33-25)28(4,5)6)12-22(16)34-18(3)11-23(24(29)26(34)35)36-15-19-7-9-20(30)10-8-19/h7-14H,15H2,1-6H3. The number of aromatic nitrogens is 4. The summed E-state index contributed by atoms with van der Waals surface area (Å²) in [5.41, 5.74) is 4.49. The third-order valence-electron chi connectivity index (χ3n) is 5.81. The van der Waals surface area contributed by atoms with Crippen LogP contribution in [0.1, 0.15) is 49.0 Å². The van der Waals surface area contributed by atoms with E-state index in [9.17, 15) is 9.18 Å². The molecule has 0 bridgehead atoms. The number of aryl methyl sites for hydroxylation is 3. The lowest BCUT2D eigenvalue weighted by atomic mass is 9.95. The van der Waals surface area contributed by atoms with Crippen LogP contribution in [0.15, 0.2) is 53.6 Å². The van der Waals surface area contributed by atoms with Crippen molar-refractivity contribution in [1.82, 2.24) is 19.5 Å². The largest absolute Gasteiger partial charge is 0.487 e. The number of hydrogen-bond acceptors (Lipinski definition) is 5. The van der Waals surface area contributed by atoms with Crippen molar-refractivity contribution in [2.45, 2.75) is 53.6 Å². The molecule has 0 N–H and O–H groups in total. The first-order chi connectivity index (χ1) is 17.0. The number of nitrogens with zero attached hydrogens (tertiary/aromatic N) is 4. The highest BCUT2D eigenvalue weighted by Crippen LogP contribution is 2.29. The fourth-order valence-corrected chi connectivity index (χ4v) is 3.97. The van der Waals surface area contributed by atoms with Gasteiger partial charge in [-0.3, -0.25) is 14.3 Å². The van der Waals surface area contributed by atoms with E-state index in [1.165, 1.54) is 12.1 Å². The van der Waals surface area contributed by atoms with Crippen LogP contribution in [0.2, 0.25) is 5.02 Å². The van der Waals surface area contributed by atoms with Crippen LogP contribution in [-0.4, -0.2) is 19.5 Å². The maximum atomic E-state index is 13.4. The summed E-state index contributed by atoms with van der Waals surface area (Å²) >= 11 is 6.46. The van der Waals surface area contributed by atoms with Gasteiger partial charge in [-0.25, -0.2) is 14.4 Å². The van der Waals surface area contributed by atoms with Crippen LogP contribution in [0.5, 0.6) is 5.75 Å². The number of ether oxygens (including phenoxy) is 1. The van der Waals surface area contributed by atoms with Gasteiger partial charge in [-0.05, 0) is 55.7 Å². The molecule has 0 saturated carbocycles. The van der Waals surface area contributed by atoms with Crippen LogP contribution < -0.4 is 10.3 Å². The number of pyridine rings is 2. The topological polar surface area (TPSA) is 69.9 Å². The van der Waals surface area contributed by atoms with Gasteiger partial charge in [0.1, 0.15) is 29.0 Å². The second-order valence-corrected chi connectivity index (χ2v) is 10.2. The van der Waals surface area contributed by atoms with Crippen molar-refractivity contribution in [1.29, 1.82) is 0 Å². The average molecular weight is 507 g/mol. The molecule has 0 fully saturated rings. The molecule has 0 aliphatic heterocycles. The van der Waals surface area contributed by atoms with Gasteiger partial charge in [-0.1, -0.05) is 44.5 Å². The normalized spacial score (nSPS) is 11.6. The molecule has 1 aromatic carbocycles. The van der Waals surface area contributed by atoms with Crippen LogP contribution in [-0.2, 0) is 12.0 Å². The van der Waals surface area contributed by atoms with Gasteiger partial charge in [0.05, 0.1) is 17.1 Å². The van der Waals surface area contributed by atoms with Crippen molar-refractivity contribution in [3.63, 3.8) is 0 Å². The molecule has 8 heteroatoms. The summed E-state index contributed by atoms with van der Waals surface area (Å²) in [5.74, 6) is 0.660. The van der Waals surface area contributed by atoms with Gasteiger partial charge >= 0.3 is 0 Å². The lowest BCUT2D eigenvalue weighted by molar-refractivity contribution is 0.305. The number of rotatable bonds is 5. The molecule has 0 radical (unpaired) electrons. The van der Waals surface area contributed by atoms with Crippen molar-refractivity contribution in [2.75, 3.05) is 0 Å². The summed E-state index contributed by atoms with van der Waals surface area (Å²) < 4.78 is 20.5. The molecule has 186 valence electrons. The molecule has 0 amide bonds. The summed E-state index contributed by atoms with van der Waals surface area (Å²) in [6.45, 7) is 12.0. The first kappa shape index (κ1) is 25.5. The summed E-state index contributed by atoms with van der Waals surface area (Å²) in [6, 6.07) is 9.54. The van der Waals surface area contributed by atoms with Crippen molar-refractivity contribution in [2.24, 2.45) is 0 Å². The zero-order valence-electron chi connectivity index (χ0n) is 21.2. The predicted molar refractivity (Wildman–Crippen MR) is 140 cm³/mol. The zero-order chi connectivity index (χ0) is 26.2. The SMILES string of the molecule is Cc1cnc(-c2nc(C(C)(C)C)ncc2C)cc1-n1c(C)cc(OCc2ccc(F)cc2)c(Cl)c1=O. The van der Waals surface area contributed by atoms with E-state index in [2.05, 4.69) is 30.7 Å². The quantitative estimate of drug-likeness (QED) is 0.318. The van der Waals surface area contributed by atoms with E-state index >= 15 is 0 Å². The minimum absolute atomic E-state index is 0.0336. The zero-order valence-corrected chi connectivity index (χ0v) is 21.9. The summed E-state index contributed by atoms with van der Waals surface area (Å²) in [7, 11) is 0. The van der Waals surface area contributed by atoms with Crippen molar-refractivity contribution < 1.29 is 9.13 Å². The first-order valence-electron chi connectivity index (χ1n) is 11.6. The highest BCUT2D eigenvalue weighted by atomic mass is 35.5. The third-order valence-corrected chi connectivity index (χ3v) is 6.16. The molecule has 0 saturated heterocycles. The maximum Gasteiger partial charge on any atom is 0.277 e. The van der Waals surface area contributed by atoms with Gasteiger partial charge in [0, 0.05) is 29.6 Å². The van der Waals surface area contributed by atoms with Gasteiger partial charge in [0.2, 0.25) is 0 Å². The lowest BCUT2D eigenvalue weighted by Crippen LogP contribution is -2.23. The number of benzene rings is 1. The lowest BCUT2D eigenvalue weighted by Gasteiger charge is -2.19. The van der Waals surface area contributed by atoms with Gasteiger partial charge in [-0.15, -0.1) is 0 Å².